The number of carbonyl (C=O) groups is 1. The molecule has 2 heterocycles. The molecule has 5 nitrogen and oxygen atoms in total. The minimum Gasteiger partial charge on any atom is -0.355 e. The highest BCUT2D eigenvalue weighted by Gasteiger charge is 2.15. The van der Waals surface area contributed by atoms with Crippen molar-refractivity contribution in [2.75, 3.05) is 19.6 Å². The van der Waals surface area contributed by atoms with Gasteiger partial charge in [-0.1, -0.05) is 13.3 Å². The second kappa shape index (κ2) is 6.54. The Kier molecular flexibility index (Phi) is 4.75. The standard InChI is InChI=1S/C13H22N4O/c1-2-3-5-12-15-8-11(16-12)9-17-7-4-6-14-13(18)10-17/h8H,2-7,9-10H2,1H3,(H,14,18)(H,15,16). The van der Waals surface area contributed by atoms with Crippen LogP contribution < -0.4 is 5.32 Å². The maximum absolute atomic E-state index is 11.5. The molecular formula is C13H22N4O. The van der Waals surface area contributed by atoms with Crippen LogP contribution in [0.5, 0.6) is 0 Å². The number of aromatic amines is 1. The molecule has 1 fully saturated rings. The topological polar surface area (TPSA) is 61.0 Å². The fourth-order valence-corrected chi connectivity index (χ4v) is 2.20. The van der Waals surface area contributed by atoms with Crippen LogP contribution >= 0.6 is 0 Å². The molecule has 18 heavy (non-hydrogen) atoms. The summed E-state index contributed by atoms with van der Waals surface area (Å²) in [5, 5.41) is 2.89. The van der Waals surface area contributed by atoms with Crippen LogP contribution in [-0.2, 0) is 17.8 Å². The number of rotatable bonds is 5. The Hall–Kier alpha value is -1.36. The molecule has 5 heteroatoms. The van der Waals surface area contributed by atoms with Crippen molar-refractivity contribution in [1.82, 2.24) is 20.2 Å². The summed E-state index contributed by atoms with van der Waals surface area (Å²) in [6, 6.07) is 0. The van der Waals surface area contributed by atoms with Gasteiger partial charge in [-0.25, -0.2) is 4.98 Å². The maximum atomic E-state index is 11.5. The number of nitrogens with one attached hydrogen (secondary N) is 2. The van der Waals surface area contributed by atoms with Crippen LogP contribution in [-0.4, -0.2) is 40.4 Å². The summed E-state index contributed by atoms with van der Waals surface area (Å²) >= 11 is 0. The van der Waals surface area contributed by atoms with E-state index >= 15 is 0 Å². The monoisotopic (exact) mass is 250 g/mol. The normalized spacial score (nSPS) is 17.5. The molecule has 1 amide bonds. The molecule has 0 aliphatic carbocycles. The van der Waals surface area contributed by atoms with Gasteiger partial charge in [-0.05, 0) is 12.8 Å². The molecule has 0 unspecified atom stereocenters. The van der Waals surface area contributed by atoms with Crippen LogP contribution in [0.25, 0.3) is 0 Å². The van der Waals surface area contributed by atoms with E-state index in [-0.39, 0.29) is 5.91 Å². The summed E-state index contributed by atoms with van der Waals surface area (Å²) in [6.07, 6.45) is 6.27. The molecule has 0 saturated carbocycles. The van der Waals surface area contributed by atoms with Crippen molar-refractivity contribution >= 4 is 5.91 Å². The van der Waals surface area contributed by atoms with Gasteiger partial charge in [0.25, 0.3) is 0 Å². The lowest BCUT2D eigenvalue weighted by atomic mass is 10.2. The van der Waals surface area contributed by atoms with Gasteiger partial charge in [-0.2, -0.15) is 0 Å². The van der Waals surface area contributed by atoms with Gasteiger partial charge in [0.05, 0.1) is 6.54 Å². The molecule has 100 valence electrons. The number of aromatic nitrogens is 2. The number of imidazole rings is 1. The van der Waals surface area contributed by atoms with E-state index in [0.29, 0.717) is 6.54 Å². The van der Waals surface area contributed by atoms with E-state index in [4.69, 9.17) is 0 Å². The predicted molar refractivity (Wildman–Crippen MR) is 70.1 cm³/mol. The lowest BCUT2D eigenvalue weighted by Gasteiger charge is -2.16. The van der Waals surface area contributed by atoms with Crippen LogP contribution in [0.2, 0.25) is 0 Å². The van der Waals surface area contributed by atoms with Gasteiger partial charge in [-0.15, -0.1) is 0 Å². The average Bonchev–Trinajstić information content (AvgIpc) is 2.69. The van der Waals surface area contributed by atoms with Crippen LogP contribution in [0.4, 0.5) is 0 Å². The Bertz CT molecular complexity index is 388. The summed E-state index contributed by atoms with van der Waals surface area (Å²) in [5.74, 6) is 1.18. The average molecular weight is 250 g/mol. The molecule has 0 atom stereocenters. The number of carbonyl (C=O) groups excluding carboxylic acids is 1. The first-order chi connectivity index (χ1) is 8.78. The highest BCUT2D eigenvalue weighted by Crippen LogP contribution is 2.06. The summed E-state index contributed by atoms with van der Waals surface area (Å²) < 4.78 is 0. The van der Waals surface area contributed by atoms with E-state index < -0.39 is 0 Å². The number of amides is 1. The van der Waals surface area contributed by atoms with Crippen LogP contribution in [0, 0.1) is 0 Å². The quantitative estimate of drug-likeness (QED) is 0.822. The Morgan fingerprint density at radius 2 is 2.39 bits per heavy atom. The summed E-state index contributed by atoms with van der Waals surface area (Å²) in [6.45, 7) is 5.21. The highest BCUT2D eigenvalue weighted by atomic mass is 16.2. The Morgan fingerprint density at radius 1 is 1.50 bits per heavy atom. The van der Waals surface area contributed by atoms with E-state index in [0.717, 1.165) is 44.0 Å². The first kappa shape index (κ1) is 13.1. The van der Waals surface area contributed by atoms with Crippen molar-refractivity contribution < 1.29 is 4.79 Å². The molecular weight excluding hydrogens is 228 g/mol. The van der Waals surface area contributed by atoms with Gasteiger partial charge in [0.1, 0.15) is 5.82 Å². The van der Waals surface area contributed by atoms with Gasteiger partial charge < -0.3 is 10.3 Å². The molecule has 1 aromatic rings. The molecule has 1 aliphatic rings. The molecule has 0 radical (unpaired) electrons. The lowest BCUT2D eigenvalue weighted by Crippen LogP contribution is -2.32. The SMILES string of the molecule is CCCCc1ncc(CN2CCCNC(=O)C2)[nH]1. The minimum absolute atomic E-state index is 0.123. The van der Waals surface area contributed by atoms with E-state index in [2.05, 4.69) is 27.1 Å². The van der Waals surface area contributed by atoms with E-state index in [1.807, 2.05) is 6.20 Å². The second-order valence-corrected chi connectivity index (χ2v) is 4.87. The first-order valence-electron chi connectivity index (χ1n) is 6.79. The van der Waals surface area contributed by atoms with Gasteiger partial charge in [-0.3, -0.25) is 9.69 Å². The van der Waals surface area contributed by atoms with Crippen molar-refractivity contribution in [3.8, 4) is 0 Å². The molecule has 1 aliphatic heterocycles. The van der Waals surface area contributed by atoms with E-state index in [1.54, 1.807) is 0 Å². The largest absolute Gasteiger partial charge is 0.355 e. The molecule has 2 N–H and O–H groups in total. The Morgan fingerprint density at radius 3 is 3.22 bits per heavy atom. The number of unbranched alkanes of at least 4 members (excludes halogenated alkanes) is 1. The zero-order chi connectivity index (χ0) is 12.8. The van der Waals surface area contributed by atoms with Crippen molar-refractivity contribution in [2.24, 2.45) is 0 Å². The van der Waals surface area contributed by atoms with Gasteiger partial charge in [0.2, 0.25) is 5.91 Å². The van der Waals surface area contributed by atoms with E-state index in [9.17, 15) is 4.79 Å². The van der Waals surface area contributed by atoms with Gasteiger partial charge in [0.15, 0.2) is 0 Å². The van der Waals surface area contributed by atoms with Crippen LogP contribution in [0.1, 0.15) is 37.7 Å². The number of hydrogen-bond donors (Lipinski definition) is 2. The van der Waals surface area contributed by atoms with Crippen LogP contribution in [0.15, 0.2) is 6.20 Å². The zero-order valence-corrected chi connectivity index (χ0v) is 11.0. The third-order valence-corrected chi connectivity index (χ3v) is 3.18. The fourth-order valence-electron chi connectivity index (χ4n) is 2.20. The van der Waals surface area contributed by atoms with Gasteiger partial charge >= 0.3 is 0 Å². The number of hydrogen-bond acceptors (Lipinski definition) is 3. The number of nitrogens with zero attached hydrogens (tertiary/aromatic N) is 2. The molecule has 2 rings (SSSR count). The lowest BCUT2D eigenvalue weighted by molar-refractivity contribution is -0.121. The smallest absolute Gasteiger partial charge is 0.234 e. The maximum Gasteiger partial charge on any atom is 0.234 e. The Labute approximate surface area is 108 Å². The molecule has 0 aromatic carbocycles. The second-order valence-electron chi connectivity index (χ2n) is 4.87. The third kappa shape index (κ3) is 3.84. The predicted octanol–water partition coefficient (Wildman–Crippen LogP) is 1.07. The molecule has 0 bridgehead atoms. The summed E-state index contributed by atoms with van der Waals surface area (Å²) in [4.78, 5) is 21.3. The van der Waals surface area contributed by atoms with Crippen molar-refractivity contribution in [3.63, 3.8) is 0 Å². The molecule has 1 saturated heterocycles. The Balaban J connectivity index is 1.87. The molecule has 0 spiro atoms. The van der Waals surface area contributed by atoms with Crippen molar-refractivity contribution in [1.29, 1.82) is 0 Å². The van der Waals surface area contributed by atoms with Crippen molar-refractivity contribution in [2.45, 2.75) is 39.2 Å². The zero-order valence-electron chi connectivity index (χ0n) is 11.0. The fraction of sp³-hybridized carbons (Fsp3) is 0.692. The van der Waals surface area contributed by atoms with Crippen LogP contribution in [0.3, 0.4) is 0 Å². The summed E-state index contributed by atoms with van der Waals surface area (Å²) in [7, 11) is 0. The number of aryl methyl sites for hydroxylation is 1. The van der Waals surface area contributed by atoms with Crippen molar-refractivity contribution in [3.05, 3.63) is 17.7 Å². The van der Waals surface area contributed by atoms with Gasteiger partial charge in [0, 0.05) is 37.9 Å². The van der Waals surface area contributed by atoms with E-state index in [1.165, 1.54) is 12.8 Å². The summed E-state index contributed by atoms with van der Waals surface area (Å²) in [5.41, 5.74) is 1.11. The first-order valence-corrected chi connectivity index (χ1v) is 6.79. The minimum atomic E-state index is 0.123. The number of H-pyrrole nitrogens is 1. The molecule has 1 aromatic heterocycles. The third-order valence-electron chi connectivity index (χ3n) is 3.18. The highest BCUT2D eigenvalue weighted by molar-refractivity contribution is 5.78.